The van der Waals surface area contributed by atoms with E-state index in [0.29, 0.717) is 36.1 Å². The number of nitrogens with zero attached hydrogens (tertiary/aromatic N) is 1. The van der Waals surface area contributed by atoms with E-state index in [4.69, 9.17) is 14.2 Å². The van der Waals surface area contributed by atoms with E-state index >= 15 is 0 Å². The molecule has 6 nitrogen and oxygen atoms in total. The first kappa shape index (κ1) is 16.8. The van der Waals surface area contributed by atoms with Crippen LogP contribution in [0.3, 0.4) is 0 Å². The van der Waals surface area contributed by atoms with Crippen molar-refractivity contribution in [3.05, 3.63) is 53.2 Å². The lowest BCUT2D eigenvalue weighted by molar-refractivity contribution is -0.117. The van der Waals surface area contributed by atoms with E-state index < -0.39 is 0 Å². The molecule has 3 rings (SSSR count). The molecule has 0 bridgehead atoms. The minimum Gasteiger partial charge on any atom is -0.490 e. The van der Waals surface area contributed by atoms with Gasteiger partial charge in [0.05, 0.1) is 19.3 Å². The predicted molar refractivity (Wildman–Crippen MR) is 93.7 cm³/mol. The number of methoxy groups -OCH3 is 1. The van der Waals surface area contributed by atoms with Gasteiger partial charge >= 0.3 is 0 Å². The van der Waals surface area contributed by atoms with Gasteiger partial charge < -0.3 is 19.5 Å². The first-order chi connectivity index (χ1) is 12.2. The van der Waals surface area contributed by atoms with Crippen LogP contribution in [0.5, 0.6) is 17.4 Å². The molecular weight excluding hydrogens is 320 g/mol. The Morgan fingerprint density at radius 3 is 3.00 bits per heavy atom. The molecule has 1 amide bonds. The van der Waals surface area contributed by atoms with Crippen molar-refractivity contribution in [2.75, 3.05) is 20.3 Å². The number of benzene rings is 1. The van der Waals surface area contributed by atoms with E-state index in [-0.39, 0.29) is 12.5 Å². The van der Waals surface area contributed by atoms with Gasteiger partial charge in [0, 0.05) is 23.9 Å². The number of carbonyl (C=O) groups excluding carboxylic acids is 1. The van der Waals surface area contributed by atoms with Gasteiger partial charge in [0.1, 0.15) is 6.61 Å². The summed E-state index contributed by atoms with van der Waals surface area (Å²) in [5.74, 6) is 1.69. The van der Waals surface area contributed by atoms with Crippen LogP contribution in [0.2, 0.25) is 0 Å². The first-order valence-corrected chi connectivity index (χ1v) is 8.08. The Morgan fingerprint density at radius 2 is 2.20 bits per heavy atom. The molecule has 25 heavy (non-hydrogen) atoms. The fourth-order valence-electron chi connectivity index (χ4n) is 2.61. The molecule has 1 aromatic carbocycles. The van der Waals surface area contributed by atoms with Crippen LogP contribution in [0.1, 0.15) is 18.1 Å². The lowest BCUT2D eigenvalue weighted by Gasteiger charge is -2.20. The summed E-state index contributed by atoms with van der Waals surface area (Å²) in [7, 11) is 1.55. The van der Waals surface area contributed by atoms with Crippen LogP contribution in [0.4, 0.5) is 0 Å². The molecule has 0 spiro atoms. The molecule has 0 radical (unpaired) electrons. The quantitative estimate of drug-likeness (QED) is 0.875. The van der Waals surface area contributed by atoms with Crippen LogP contribution in [0, 0.1) is 0 Å². The smallest absolute Gasteiger partial charge is 0.250 e. The third-order valence-electron chi connectivity index (χ3n) is 3.79. The number of ether oxygens (including phenoxy) is 3. The van der Waals surface area contributed by atoms with Crippen LogP contribution in [-0.2, 0) is 11.3 Å². The second-order valence-electron chi connectivity index (χ2n) is 5.42. The van der Waals surface area contributed by atoms with Gasteiger partial charge in [-0.3, -0.25) is 4.79 Å². The molecule has 1 N–H and O–H groups in total. The molecule has 1 aliphatic heterocycles. The van der Waals surface area contributed by atoms with Gasteiger partial charge in [-0.2, -0.15) is 0 Å². The molecular formula is C19H20N2O4. The van der Waals surface area contributed by atoms with E-state index in [9.17, 15) is 4.79 Å². The molecule has 0 fully saturated rings. The Balaban J connectivity index is 1.72. The van der Waals surface area contributed by atoms with Crippen molar-refractivity contribution < 1.29 is 19.0 Å². The third kappa shape index (κ3) is 3.74. The summed E-state index contributed by atoms with van der Waals surface area (Å²) in [5, 5.41) is 2.88. The second kappa shape index (κ2) is 7.70. The second-order valence-corrected chi connectivity index (χ2v) is 5.42. The van der Waals surface area contributed by atoms with Crippen molar-refractivity contribution in [3.63, 3.8) is 0 Å². The summed E-state index contributed by atoms with van der Waals surface area (Å²) in [6.45, 7) is 3.01. The van der Waals surface area contributed by atoms with E-state index in [1.54, 1.807) is 19.4 Å². The molecule has 130 valence electrons. The summed E-state index contributed by atoms with van der Waals surface area (Å²) in [6, 6.07) is 9.30. The Hall–Kier alpha value is -3.02. The van der Waals surface area contributed by atoms with Crippen LogP contribution >= 0.6 is 0 Å². The van der Waals surface area contributed by atoms with Crippen LogP contribution in [-0.4, -0.2) is 31.2 Å². The highest BCUT2D eigenvalue weighted by Crippen LogP contribution is 2.35. The number of para-hydroxylation sites is 1. The molecule has 0 unspecified atom stereocenters. The zero-order valence-corrected chi connectivity index (χ0v) is 14.2. The standard InChI is InChI=1S/C19H20N2O4/c1-3-24-16-8-4-6-13-10-15(12-25-17(13)16)18(22)21-11-14-7-5-9-20-19(14)23-2/h4-10H,3,11-12H2,1-2H3,(H,21,22). The van der Waals surface area contributed by atoms with E-state index in [2.05, 4.69) is 10.3 Å². The summed E-state index contributed by atoms with van der Waals surface area (Å²) in [4.78, 5) is 16.6. The van der Waals surface area contributed by atoms with Crippen molar-refractivity contribution in [3.8, 4) is 17.4 Å². The highest BCUT2D eigenvalue weighted by molar-refractivity contribution is 5.99. The van der Waals surface area contributed by atoms with Crippen LogP contribution in [0.25, 0.3) is 6.08 Å². The Bertz CT molecular complexity index is 802. The minimum absolute atomic E-state index is 0.182. The fraction of sp³-hybridized carbons (Fsp3) is 0.263. The van der Waals surface area contributed by atoms with Crippen LogP contribution < -0.4 is 19.5 Å². The summed E-state index contributed by atoms with van der Waals surface area (Å²) >= 11 is 0. The largest absolute Gasteiger partial charge is 0.490 e. The zero-order valence-electron chi connectivity index (χ0n) is 14.2. The topological polar surface area (TPSA) is 69.7 Å². The molecule has 0 saturated carbocycles. The number of rotatable bonds is 6. The molecule has 1 aliphatic rings. The lowest BCUT2D eigenvalue weighted by atomic mass is 10.1. The minimum atomic E-state index is -0.182. The maximum atomic E-state index is 12.4. The van der Waals surface area contributed by atoms with E-state index in [1.807, 2.05) is 37.3 Å². The number of carbonyl (C=O) groups is 1. The molecule has 2 aromatic rings. The third-order valence-corrected chi connectivity index (χ3v) is 3.79. The van der Waals surface area contributed by atoms with E-state index in [1.165, 1.54) is 0 Å². The van der Waals surface area contributed by atoms with Crippen LogP contribution in [0.15, 0.2) is 42.1 Å². The Labute approximate surface area is 146 Å². The molecule has 2 heterocycles. The van der Waals surface area contributed by atoms with Crippen molar-refractivity contribution >= 4 is 12.0 Å². The average molecular weight is 340 g/mol. The number of nitrogens with one attached hydrogen (secondary N) is 1. The number of amides is 1. The highest BCUT2D eigenvalue weighted by atomic mass is 16.5. The molecule has 0 aliphatic carbocycles. The van der Waals surface area contributed by atoms with Gasteiger partial charge in [-0.1, -0.05) is 18.2 Å². The molecule has 0 atom stereocenters. The molecule has 0 saturated heterocycles. The van der Waals surface area contributed by atoms with Crippen molar-refractivity contribution in [2.24, 2.45) is 0 Å². The SMILES string of the molecule is CCOc1cccc2c1OCC(C(=O)NCc1cccnc1OC)=C2. The Morgan fingerprint density at radius 1 is 1.32 bits per heavy atom. The van der Waals surface area contributed by atoms with Crippen molar-refractivity contribution in [1.82, 2.24) is 10.3 Å². The fourth-order valence-corrected chi connectivity index (χ4v) is 2.61. The monoisotopic (exact) mass is 340 g/mol. The van der Waals surface area contributed by atoms with Gasteiger partial charge in [0.25, 0.3) is 5.91 Å². The summed E-state index contributed by atoms with van der Waals surface area (Å²) in [6.07, 6.45) is 3.48. The number of pyridine rings is 1. The maximum Gasteiger partial charge on any atom is 0.250 e. The number of fused-ring (bicyclic) bond motifs is 1. The van der Waals surface area contributed by atoms with Crippen molar-refractivity contribution in [2.45, 2.75) is 13.5 Å². The van der Waals surface area contributed by atoms with Gasteiger partial charge in [-0.15, -0.1) is 0 Å². The van der Waals surface area contributed by atoms with Crippen molar-refractivity contribution in [1.29, 1.82) is 0 Å². The average Bonchev–Trinajstić information content (AvgIpc) is 2.66. The zero-order chi connectivity index (χ0) is 17.6. The predicted octanol–water partition coefficient (Wildman–Crippen LogP) is 2.58. The van der Waals surface area contributed by atoms with Gasteiger partial charge in [-0.05, 0) is 25.1 Å². The summed E-state index contributed by atoms with van der Waals surface area (Å²) in [5.41, 5.74) is 2.21. The van der Waals surface area contributed by atoms with Gasteiger partial charge in [0.15, 0.2) is 11.5 Å². The van der Waals surface area contributed by atoms with E-state index in [0.717, 1.165) is 11.1 Å². The Kier molecular flexibility index (Phi) is 5.18. The number of hydrogen-bond donors (Lipinski definition) is 1. The first-order valence-electron chi connectivity index (χ1n) is 8.08. The van der Waals surface area contributed by atoms with Gasteiger partial charge in [0.2, 0.25) is 5.88 Å². The number of aromatic nitrogens is 1. The van der Waals surface area contributed by atoms with Gasteiger partial charge in [-0.25, -0.2) is 4.98 Å². The summed E-state index contributed by atoms with van der Waals surface area (Å²) < 4.78 is 16.5. The lowest BCUT2D eigenvalue weighted by Crippen LogP contribution is -2.28. The molecule has 1 aromatic heterocycles. The maximum absolute atomic E-state index is 12.4. The normalized spacial score (nSPS) is 12.5. The number of hydrogen-bond acceptors (Lipinski definition) is 5. The molecule has 6 heteroatoms. The highest BCUT2D eigenvalue weighted by Gasteiger charge is 2.20.